The summed E-state index contributed by atoms with van der Waals surface area (Å²) in [6, 6.07) is 0. The number of halogens is 1. The zero-order valence-electron chi connectivity index (χ0n) is 7.33. The van der Waals surface area contributed by atoms with Crippen molar-refractivity contribution in [1.82, 2.24) is 0 Å². The van der Waals surface area contributed by atoms with Gasteiger partial charge in [0.25, 0.3) is 0 Å². The molecule has 0 aromatic carbocycles. The summed E-state index contributed by atoms with van der Waals surface area (Å²) in [7, 11) is 0. The van der Waals surface area contributed by atoms with Gasteiger partial charge in [0.2, 0.25) is 0 Å². The lowest BCUT2D eigenvalue weighted by Gasteiger charge is -2.05. The number of carbonyl (C=O) groups excluding carboxylic acids is 2. The monoisotopic (exact) mass is 196 g/mol. The van der Waals surface area contributed by atoms with E-state index in [0.29, 0.717) is 0 Å². The molecular formula is C7H13ClO4. The number of rotatable bonds is 2. The van der Waals surface area contributed by atoms with E-state index in [1.165, 1.54) is 0 Å². The number of carbonyl (C=O) groups is 2. The Hall–Kier alpha value is -0.770. The van der Waals surface area contributed by atoms with Gasteiger partial charge in [-0.25, -0.2) is 9.59 Å². The quantitative estimate of drug-likeness (QED) is 0.487. The maximum Gasteiger partial charge on any atom is 0.417 e. The summed E-state index contributed by atoms with van der Waals surface area (Å²) in [5.74, 6) is -1.86. The molecule has 0 aromatic heterocycles. The molecule has 0 aliphatic heterocycles. The second-order valence-electron chi connectivity index (χ2n) is 2.17. The van der Waals surface area contributed by atoms with Crippen LogP contribution in [0.3, 0.4) is 0 Å². The van der Waals surface area contributed by atoms with Crippen molar-refractivity contribution < 1.29 is 19.1 Å². The van der Waals surface area contributed by atoms with Crippen molar-refractivity contribution in [2.24, 2.45) is 0 Å². The lowest BCUT2D eigenvalue weighted by atomic mass is 10.5. The lowest BCUT2D eigenvalue weighted by molar-refractivity contribution is -0.169. The molecule has 0 heterocycles. The highest BCUT2D eigenvalue weighted by molar-refractivity contribution is 6.29. The smallest absolute Gasteiger partial charge is 0.417 e. The Kier molecular flexibility index (Phi) is 7.94. The Morgan fingerprint density at radius 2 is 1.75 bits per heavy atom. The number of ether oxygens (including phenoxy) is 2. The third-order valence-corrected chi connectivity index (χ3v) is 0.785. The van der Waals surface area contributed by atoms with Gasteiger partial charge in [-0.15, -0.1) is 12.4 Å². The molecule has 12 heavy (non-hydrogen) atoms. The maximum atomic E-state index is 10.6. The average Bonchev–Trinajstić information content (AvgIpc) is 1.86. The molecule has 0 aliphatic carbocycles. The van der Waals surface area contributed by atoms with E-state index < -0.39 is 11.9 Å². The van der Waals surface area contributed by atoms with Crippen LogP contribution in [-0.2, 0) is 19.1 Å². The first-order valence-corrected chi connectivity index (χ1v) is 3.45. The molecule has 0 spiro atoms. The van der Waals surface area contributed by atoms with E-state index in [1.807, 2.05) is 0 Å². The van der Waals surface area contributed by atoms with Crippen LogP contribution in [0.5, 0.6) is 0 Å². The summed E-state index contributed by atoms with van der Waals surface area (Å²) in [5, 5.41) is 0. The third-order valence-electron chi connectivity index (χ3n) is 0.785. The van der Waals surface area contributed by atoms with E-state index in [2.05, 4.69) is 9.47 Å². The van der Waals surface area contributed by atoms with Gasteiger partial charge in [0.15, 0.2) is 0 Å². The second-order valence-corrected chi connectivity index (χ2v) is 2.17. The average molecular weight is 197 g/mol. The normalized spacial score (nSPS) is 8.67. The molecule has 0 rings (SSSR count). The van der Waals surface area contributed by atoms with Crippen LogP contribution >= 0.6 is 12.4 Å². The zero-order valence-corrected chi connectivity index (χ0v) is 8.14. The molecule has 0 saturated heterocycles. The molecule has 0 unspecified atom stereocenters. The van der Waals surface area contributed by atoms with Gasteiger partial charge >= 0.3 is 11.9 Å². The highest BCUT2D eigenvalue weighted by Crippen LogP contribution is 1.90. The number of hydrogen-bond acceptors (Lipinski definition) is 4. The zero-order chi connectivity index (χ0) is 8.85. The van der Waals surface area contributed by atoms with Crippen LogP contribution < -0.4 is 0 Å². The van der Waals surface area contributed by atoms with Crippen LogP contribution in [0, 0.1) is 0 Å². The summed E-state index contributed by atoms with van der Waals surface area (Å²) >= 11 is 0. The Labute approximate surface area is 77.6 Å². The predicted octanol–water partition coefficient (Wildman–Crippen LogP) is 0.923. The first kappa shape index (κ1) is 13.8. The summed E-state index contributed by atoms with van der Waals surface area (Å²) in [6.07, 6.45) is -0.285. The van der Waals surface area contributed by atoms with E-state index in [9.17, 15) is 9.59 Å². The maximum absolute atomic E-state index is 10.6. The first-order chi connectivity index (χ1) is 5.07. The number of hydrogen-bond donors (Lipinski definition) is 0. The van der Waals surface area contributed by atoms with Crippen molar-refractivity contribution in [2.75, 3.05) is 6.61 Å². The first-order valence-electron chi connectivity index (χ1n) is 3.45. The molecule has 0 radical (unpaired) electrons. The Morgan fingerprint density at radius 3 is 2.08 bits per heavy atom. The van der Waals surface area contributed by atoms with Crippen LogP contribution in [0.1, 0.15) is 20.8 Å². The van der Waals surface area contributed by atoms with Gasteiger partial charge < -0.3 is 9.47 Å². The highest BCUT2D eigenvalue weighted by Gasteiger charge is 2.17. The Morgan fingerprint density at radius 1 is 1.25 bits per heavy atom. The molecule has 0 fully saturated rings. The van der Waals surface area contributed by atoms with Gasteiger partial charge in [-0.3, -0.25) is 0 Å². The molecule has 5 heteroatoms. The van der Waals surface area contributed by atoms with E-state index in [0.717, 1.165) is 0 Å². The van der Waals surface area contributed by atoms with Crippen LogP contribution in [0.4, 0.5) is 0 Å². The fourth-order valence-electron chi connectivity index (χ4n) is 0.452. The summed E-state index contributed by atoms with van der Waals surface area (Å²) in [4.78, 5) is 21.2. The standard InChI is InChI=1S/C7H12O4.ClH/c1-4-10-6(8)7(9)11-5(2)3;/h5H,4H2,1-3H3;1H. The van der Waals surface area contributed by atoms with Crippen LogP contribution in [-0.4, -0.2) is 24.6 Å². The number of esters is 2. The molecule has 0 saturated carbocycles. The van der Waals surface area contributed by atoms with Gasteiger partial charge in [0.05, 0.1) is 12.7 Å². The van der Waals surface area contributed by atoms with Gasteiger partial charge in [-0.2, -0.15) is 0 Å². The second kappa shape index (κ2) is 6.91. The predicted molar refractivity (Wildman–Crippen MR) is 45.1 cm³/mol. The molecule has 0 atom stereocenters. The largest absolute Gasteiger partial charge is 0.458 e. The summed E-state index contributed by atoms with van der Waals surface area (Å²) in [5.41, 5.74) is 0. The molecule has 0 amide bonds. The summed E-state index contributed by atoms with van der Waals surface area (Å²) in [6.45, 7) is 5.14. The van der Waals surface area contributed by atoms with Gasteiger partial charge in [0.1, 0.15) is 0 Å². The highest BCUT2D eigenvalue weighted by atomic mass is 35.5. The SMILES string of the molecule is CCOC(=O)C(=O)OC(C)C.Cl. The van der Waals surface area contributed by atoms with Crippen LogP contribution in [0.2, 0.25) is 0 Å². The molecule has 0 aliphatic rings. The van der Waals surface area contributed by atoms with Crippen molar-refractivity contribution in [2.45, 2.75) is 26.9 Å². The van der Waals surface area contributed by atoms with E-state index >= 15 is 0 Å². The fourth-order valence-corrected chi connectivity index (χ4v) is 0.452. The van der Waals surface area contributed by atoms with Gasteiger partial charge in [0, 0.05) is 0 Å². The topological polar surface area (TPSA) is 52.6 Å². The fraction of sp³-hybridized carbons (Fsp3) is 0.714. The van der Waals surface area contributed by atoms with Crippen molar-refractivity contribution >= 4 is 24.3 Å². The minimum atomic E-state index is -0.929. The Balaban J connectivity index is 0. The van der Waals surface area contributed by atoms with Crippen molar-refractivity contribution in [3.63, 3.8) is 0 Å². The molecule has 72 valence electrons. The third kappa shape index (κ3) is 5.97. The van der Waals surface area contributed by atoms with E-state index in [-0.39, 0.29) is 25.1 Å². The Bertz CT molecular complexity index is 155. The lowest BCUT2D eigenvalue weighted by Crippen LogP contribution is -2.23. The minimum absolute atomic E-state index is 0. The van der Waals surface area contributed by atoms with Crippen molar-refractivity contribution in [3.8, 4) is 0 Å². The minimum Gasteiger partial charge on any atom is -0.458 e. The van der Waals surface area contributed by atoms with E-state index in [4.69, 9.17) is 0 Å². The molecule has 0 bridgehead atoms. The van der Waals surface area contributed by atoms with Gasteiger partial charge in [-0.05, 0) is 20.8 Å². The van der Waals surface area contributed by atoms with E-state index in [1.54, 1.807) is 20.8 Å². The molecule has 0 N–H and O–H groups in total. The van der Waals surface area contributed by atoms with Crippen LogP contribution in [0.25, 0.3) is 0 Å². The van der Waals surface area contributed by atoms with Crippen LogP contribution in [0.15, 0.2) is 0 Å². The van der Waals surface area contributed by atoms with Gasteiger partial charge in [-0.1, -0.05) is 0 Å². The van der Waals surface area contributed by atoms with Crippen molar-refractivity contribution in [3.05, 3.63) is 0 Å². The van der Waals surface area contributed by atoms with Crippen molar-refractivity contribution in [1.29, 1.82) is 0 Å². The summed E-state index contributed by atoms with van der Waals surface area (Å²) < 4.78 is 8.94. The molecule has 0 aromatic rings. The molecule has 4 nitrogen and oxygen atoms in total. The molecular weight excluding hydrogens is 184 g/mol.